The van der Waals surface area contributed by atoms with E-state index in [2.05, 4.69) is 33.0 Å². The van der Waals surface area contributed by atoms with E-state index in [0.717, 1.165) is 18.7 Å². The van der Waals surface area contributed by atoms with Crippen LogP contribution in [0.15, 0.2) is 30.9 Å². The number of nitriles is 2. The van der Waals surface area contributed by atoms with Gasteiger partial charge in [0.15, 0.2) is 17.1 Å². The second kappa shape index (κ2) is 30.0. The van der Waals surface area contributed by atoms with E-state index < -0.39 is 14.2 Å². The van der Waals surface area contributed by atoms with E-state index in [-0.39, 0.29) is 18.9 Å². The molecular weight excluding hydrogens is 707 g/mol. The molecule has 0 saturated carbocycles. The summed E-state index contributed by atoms with van der Waals surface area (Å²) in [6.45, 7) is 3.69. The van der Waals surface area contributed by atoms with Gasteiger partial charge in [-0.2, -0.15) is 15.6 Å². The van der Waals surface area contributed by atoms with Crippen molar-refractivity contribution in [1.29, 1.82) is 10.5 Å². The molecule has 3 heterocycles. The minimum Gasteiger partial charge on any atom is -0.390 e. The summed E-state index contributed by atoms with van der Waals surface area (Å²) in [6.07, 6.45) is 27.3. The third-order valence-electron chi connectivity index (χ3n) is 9.11. The first kappa shape index (κ1) is 46.8. The second-order valence-corrected chi connectivity index (χ2v) is 14.3. The highest BCUT2D eigenvalue weighted by molar-refractivity contribution is 7.40. The molecule has 0 aromatic carbocycles. The van der Waals surface area contributed by atoms with Crippen molar-refractivity contribution < 1.29 is 28.5 Å². The van der Waals surface area contributed by atoms with Crippen LogP contribution in [0.3, 0.4) is 0 Å². The van der Waals surface area contributed by atoms with Gasteiger partial charge in [0, 0.05) is 26.0 Å². The summed E-state index contributed by atoms with van der Waals surface area (Å²) >= 11 is 0. The number of hydrogen-bond acceptors (Lipinski definition) is 13. The SMILES string of the molecule is CCCCCCCCCCCCCCCCCCOCCCOP(O)OCC(C#N)(CCc1ccc2c(N)ncnn12)OC.N#Cc1cnc(CO)cn1. The van der Waals surface area contributed by atoms with Crippen LogP contribution in [-0.2, 0) is 31.5 Å². The summed E-state index contributed by atoms with van der Waals surface area (Å²) in [7, 11) is -0.662. The maximum Gasteiger partial charge on any atom is 0.329 e. The monoisotopic (exact) mass is 770 g/mol. The van der Waals surface area contributed by atoms with E-state index >= 15 is 0 Å². The molecule has 0 radical (unpaired) electrons. The lowest BCUT2D eigenvalue weighted by atomic mass is 9.99. The number of hydrogen-bond donors (Lipinski definition) is 3. The van der Waals surface area contributed by atoms with Gasteiger partial charge in [-0.25, -0.2) is 14.5 Å². The summed E-state index contributed by atoms with van der Waals surface area (Å²) < 4.78 is 23.8. The van der Waals surface area contributed by atoms with Gasteiger partial charge in [-0.05, 0) is 37.8 Å². The zero-order chi connectivity index (χ0) is 39.1. The van der Waals surface area contributed by atoms with Gasteiger partial charge in [0.2, 0.25) is 0 Å². The molecule has 3 rings (SSSR count). The van der Waals surface area contributed by atoms with Crippen LogP contribution < -0.4 is 5.73 Å². The Bertz CT molecular complexity index is 1470. The predicted molar refractivity (Wildman–Crippen MR) is 210 cm³/mol. The predicted octanol–water partition coefficient (Wildman–Crippen LogP) is 7.91. The zero-order valence-electron chi connectivity index (χ0n) is 32.5. The van der Waals surface area contributed by atoms with E-state index in [9.17, 15) is 10.2 Å². The standard InChI is InChI=1S/C33H58N5O5P.C6H5N3O/c1-3-4-5-6-7-8-9-10-11-12-13-14-15-16-17-18-24-41-25-19-26-42-44(39)43-28-33(27-34,40-2)23-22-30-20-21-31-32(35)36-29-37-38(30)31;7-1-5-2-9-6(4-10)3-8-5/h20-21,29,39H,3-19,22-26,28H2,1-2H3,(H2,35,36,37);2-3,10H,4H2. The number of nitrogen functional groups attached to an aromatic ring is 1. The number of methoxy groups -OCH3 is 1. The number of aliphatic hydroxyl groups is 1. The van der Waals surface area contributed by atoms with Gasteiger partial charge in [-0.1, -0.05) is 103 Å². The largest absolute Gasteiger partial charge is 0.390 e. The lowest BCUT2D eigenvalue weighted by Crippen LogP contribution is -2.35. The maximum atomic E-state index is 10.2. The van der Waals surface area contributed by atoms with Crippen LogP contribution in [0.25, 0.3) is 5.52 Å². The summed E-state index contributed by atoms with van der Waals surface area (Å²) in [5.74, 6) is 0.390. The average molecular weight is 771 g/mol. The van der Waals surface area contributed by atoms with Crippen LogP contribution in [0.4, 0.5) is 5.82 Å². The minimum absolute atomic E-state index is 0.113. The van der Waals surface area contributed by atoms with Crippen molar-refractivity contribution in [3.8, 4) is 12.1 Å². The molecule has 0 fully saturated rings. The first-order valence-corrected chi connectivity index (χ1v) is 20.7. The number of fused-ring (bicyclic) bond motifs is 1. The molecule has 0 spiro atoms. The van der Waals surface area contributed by atoms with Gasteiger partial charge in [0.25, 0.3) is 0 Å². The van der Waals surface area contributed by atoms with Crippen molar-refractivity contribution in [2.75, 3.05) is 39.3 Å². The first-order chi connectivity index (χ1) is 26.4. The van der Waals surface area contributed by atoms with Crippen LogP contribution in [0, 0.1) is 22.7 Å². The van der Waals surface area contributed by atoms with Crippen LogP contribution >= 0.6 is 8.60 Å². The topological polar surface area (TPSA) is 207 Å². The van der Waals surface area contributed by atoms with Gasteiger partial charge in [0.1, 0.15) is 24.0 Å². The molecule has 4 N–H and O–H groups in total. The fourth-order valence-corrected chi connectivity index (χ4v) is 6.42. The Morgan fingerprint density at radius 3 is 2.00 bits per heavy atom. The lowest BCUT2D eigenvalue weighted by molar-refractivity contribution is -0.0110. The number of ether oxygens (including phenoxy) is 2. The van der Waals surface area contributed by atoms with E-state index in [1.54, 1.807) is 4.52 Å². The van der Waals surface area contributed by atoms with Crippen LogP contribution in [-0.4, -0.2) is 73.7 Å². The van der Waals surface area contributed by atoms with Crippen molar-refractivity contribution in [3.05, 3.63) is 47.9 Å². The molecule has 0 aliphatic carbocycles. The van der Waals surface area contributed by atoms with E-state index in [4.69, 9.17) is 34.6 Å². The Morgan fingerprint density at radius 2 is 1.44 bits per heavy atom. The number of anilines is 1. The summed E-state index contributed by atoms with van der Waals surface area (Å²) in [5, 5.41) is 30.8. The van der Waals surface area contributed by atoms with Gasteiger partial charge in [-0.3, -0.25) is 4.98 Å². The molecule has 2 unspecified atom stereocenters. The molecule has 0 aliphatic rings. The van der Waals surface area contributed by atoms with Crippen molar-refractivity contribution in [1.82, 2.24) is 24.6 Å². The van der Waals surface area contributed by atoms with Gasteiger partial charge in [0.05, 0.1) is 37.9 Å². The lowest BCUT2D eigenvalue weighted by Gasteiger charge is -2.25. The van der Waals surface area contributed by atoms with E-state index in [0.29, 0.717) is 49.5 Å². The Kier molecular flexibility index (Phi) is 26.0. The van der Waals surface area contributed by atoms with Crippen molar-refractivity contribution in [3.63, 3.8) is 0 Å². The molecule has 2 atom stereocenters. The highest BCUT2D eigenvalue weighted by Gasteiger charge is 2.32. The molecule has 3 aromatic rings. The maximum absolute atomic E-state index is 10.2. The van der Waals surface area contributed by atoms with Crippen molar-refractivity contribution in [2.24, 2.45) is 0 Å². The normalized spacial score (nSPS) is 12.8. The molecule has 0 aliphatic heterocycles. The molecule has 15 heteroatoms. The number of nitrogens with two attached hydrogens (primary N) is 1. The molecule has 14 nitrogen and oxygen atoms in total. The van der Waals surface area contributed by atoms with E-state index in [1.165, 1.54) is 122 Å². The summed E-state index contributed by atoms with van der Waals surface area (Å²) in [4.78, 5) is 21.6. The van der Waals surface area contributed by atoms with Crippen LogP contribution in [0.2, 0.25) is 0 Å². The molecular formula is C39H63N8O6P. The summed E-state index contributed by atoms with van der Waals surface area (Å²) in [5.41, 5.74) is 6.98. The summed E-state index contributed by atoms with van der Waals surface area (Å²) in [6, 6.07) is 7.74. The van der Waals surface area contributed by atoms with Crippen molar-refractivity contribution in [2.45, 2.75) is 141 Å². The van der Waals surface area contributed by atoms with Gasteiger partial charge >= 0.3 is 8.60 Å². The highest BCUT2D eigenvalue weighted by Crippen LogP contribution is 2.35. The molecule has 300 valence electrons. The number of rotatable bonds is 30. The quantitative estimate of drug-likeness (QED) is 0.0436. The van der Waals surface area contributed by atoms with Crippen LogP contribution in [0.5, 0.6) is 0 Å². The number of nitrogens with zero attached hydrogens (tertiary/aromatic N) is 7. The van der Waals surface area contributed by atoms with Crippen molar-refractivity contribution >= 4 is 19.9 Å². The van der Waals surface area contributed by atoms with E-state index in [1.807, 2.05) is 18.2 Å². The minimum atomic E-state index is -2.12. The second-order valence-electron chi connectivity index (χ2n) is 13.4. The molecule has 54 heavy (non-hydrogen) atoms. The number of aryl methyl sites for hydroxylation is 1. The number of aliphatic hydroxyl groups excluding tert-OH is 1. The fourth-order valence-electron chi connectivity index (χ4n) is 5.74. The zero-order valence-corrected chi connectivity index (χ0v) is 33.4. The fraction of sp³-hybridized carbons (Fsp3) is 0.692. The average Bonchev–Trinajstić information content (AvgIpc) is 3.63. The van der Waals surface area contributed by atoms with Gasteiger partial charge < -0.3 is 34.3 Å². The van der Waals surface area contributed by atoms with Gasteiger partial charge in [-0.15, -0.1) is 0 Å². The Balaban J connectivity index is 0.000000867. The highest BCUT2D eigenvalue weighted by atomic mass is 31.2. The molecule has 3 aromatic heterocycles. The molecule has 0 bridgehead atoms. The Labute approximate surface area is 323 Å². The Morgan fingerprint density at radius 1 is 0.815 bits per heavy atom. The first-order valence-electron chi connectivity index (χ1n) is 19.6. The molecule has 0 saturated heterocycles. The Hall–Kier alpha value is -3.33. The number of aromatic nitrogens is 5. The van der Waals surface area contributed by atoms with Crippen LogP contribution in [0.1, 0.15) is 140 Å². The molecule has 0 amide bonds. The third-order valence-corrected chi connectivity index (χ3v) is 9.86. The third kappa shape index (κ3) is 19.8. The smallest absolute Gasteiger partial charge is 0.329 e. The number of unbranched alkanes of at least 4 members (excludes halogenated alkanes) is 15.